The van der Waals surface area contributed by atoms with E-state index in [0.29, 0.717) is 36.0 Å². The summed E-state index contributed by atoms with van der Waals surface area (Å²) in [5.41, 5.74) is 0.602. The average Bonchev–Trinajstić information content (AvgIpc) is 2.66. The number of nitrogens with one attached hydrogen (secondary N) is 1. The molecule has 4 nitrogen and oxygen atoms in total. The molecule has 1 unspecified atom stereocenters. The zero-order chi connectivity index (χ0) is 20.3. The van der Waals surface area contributed by atoms with Gasteiger partial charge in [-0.2, -0.15) is 13.2 Å². The molecule has 0 aromatic heterocycles. The van der Waals surface area contributed by atoms with Crippen molar-refractivity contribution in [2.75, 3.05) is 24.8 Å². The van der Waals surface area contributed by atoms with Crippen LogP contribution in [0.3, 0.4) is 0 Å². The van der Waals surface area contributed by atoms with E-state index in [9.17, 15) is 18.0 Å². The predicted molar refractivity (Wildman–Crippen MR) is 102 cm³/mol. The first-order chi connectivity index (χ1) is 13.3. The van der Waals surface area contributed by atoms with Gasteiger partial charge in [0, 0.05) is 17.4 Å². The van der Waals surface area contributed by atoms with E-state index in [1.807, 2.05) is 19.2 Å². The Morgan fingerprint density at radius 1 is 1.14 bits per heavy atom. The molecule has 0 saturated carbocycles. The van der Waals surface area contributed by atoms with Gasteiger partial charge >= 0.3 is 6.18 Å². The number of halogens is 3. The number of carbonyl (C=O) groups is 1. The van der Waals surface area contributed by atoms with Crippen molar-refractivity contribution < 1.29 is 27.4 Å². The quantitative estimate of drug-likeness (QED) is 0.676. The van der Waals surface area contributed by atoms with E-state index >= 15 is 0 Å². The smallest absolute Gasteiger partial charge is 0.416 e. The Bertz CT molecular complexity index is 853. The summed E-state index contributed by atoms with van der Waals surface area (Å²) in [7, 11) is 0. The molecule has 2 aromatic rings. The van der Waals surface area contributed by atoms with Crippen molar-refractivity contribution in [3.63, 3.8) is 0 Å². The maximum Gasteiger partial charge on any atom is 0.416 e. The highest BCUT2D eigenvalue weighted by Crippen LogP contribution is 2.39. The largest absolute Gasteiger partial charge is 0.486 e. The number of hydrogen-bond donors (Lipinski definition) is 1. The predicted octanol–water partition coefficient (Wildman–Crippen LogP) is 5.33. The maximum absolute atomic E-state index is 12.7. The Labute approximate surface area is 165 Å². The summed E-state index contributed by atoms with van der Waals surface area (Å²) in [4.78, 5) is 13.3. The van der Waals surface area contributed by atoms with Crippen LogP contribution in [0.15, 0.2) is 41.3 Å². The molecular formula is C20H20F3NO3S. The normalized spacial score (nSPS) is 14.5. The lowest BCUT2D eigenvalue weighted by Gasteiger charge is -2.21. The van der Waals surface area contributed by atoms with Gasteiger partial charge in [-0.15, -0.1) is 11.8 Å². The van der Waals surface area contributed by atoms with Crippen molar-refractivity contribution in [1.29, 1.82) is 0 Å². The third-order valence-corrected chi connectivity index (χ3v) is 5.21. The van der Waals surface area contributed by atoms with E-state index < -0.39 is 11.7 Å². The van der Waals surface area contributed by atoms with E-state index in [-0.39, 0.29) is 18.2 Å². The molecule has 8 heteroatoms. The number of rotatable bonds is 5. The number of anilines is 1. The van der Waals surface area contributed by atoms with Crippen LogP contribution in [-0.2, 0) is 11.0 Å². The second kappa shape index (κ2) is 8.34. The van der Waals surface area contributed by atoms with Crippen molar-refractivity contribution in [2.45, 2.75) is 30.3 Å². The summed E-state index contributed by atoms with van der Waals surface area (Å²) < 4.78 is 49.1. The molecule has 0 spiro atoms. The lowest BCUT2D eigenvalue weighted by atomic mass is 9.96. The van der Waals surface area contributed by atoms with E-state index in [1.165, 1.54) is 23.9 Å². The molecule has 0 saturated heterocycles. The van der Waals surface area contributed by atoms with E-state index in [4.69, 9.17) is 9.47 Å². The summed E-state index contributed by atoms with van der Waals surface area (Å²) in [6, 6.07) is 8.47. The Morgan fingerprint density at radius 2 is 1.75 bits per heavy atom. The van der Waals surface area contributed by atoms with E-state index in [0.717, 1.165) is 17.0 Å². The number of benzene rings is 2. The molecule has 1 aliphatic heterocycles. The van der Waals surface area contributed by atoms with Gasteiger partial charge in [0.1, 0.15) is 13.2 Å². The van der Waals surface area contributed by atoms with Gasteiger partial charge in [0.2, 0.25) is 5.91 Å². The summed E-state index contributed by atoms with van der Waals surface area (Å²) >= 11 is 1.47. The van der Waals surface area contributed by atoms with Gasteiger partial charge in [0.25, 0.3) is 0 Å². The summed E-state index contributed by atoms with van der Waals surface area (Å²) in [6.07, 6.45) is -2.33. The fraction of sp³-hybridized carbons (Fsp3) is 0.350. The first-order valence-corrected chi connectivity index (χ1v) is 9.95. The highest BCUT2D eigenvalue weighted by molar-refractivity contribution is 7.98. The topological polar surface area (TPSA) is 47.6 Å². The SMILES string of the molecule is CSc1cc2c(cc1NC(=O)CC(C)c1ccc(C(F)(F)F)cc1)OCCO2. The van der Waals surface area contributed by atoms with Crippen LogP contribution in [0.25, 0.3) is 0 Å². The number of amides is 1. The number of carbonyl (C=O) groups excluding carboxylic acids is 1. The van der Waals surface area contributed by atoms with Crippen LogP contribution in [0.1, 0.15) is 30.4 Å². The zero-order valence-electron chi connectivity index (χ0n) is 15.4. The summed E-state index contributed by atoms with van der Waals surface area (Å²) in [6.45, 7) is 2.74. The molecule has 0 fully saturated rings. The standard InChI is InChI=1S/C20H20F3NO3S/c1-12(13-3-5-14(6-4-13)20(21,22)23)9-19(25)24-15-10-16-17(11-18(15)28-2)27-8-7-26-16/h3-6,10-12H,7-9H2,1-2H3,(H,24,25). The van der Waals surface area contributed by atoms with Crippen LogP contribution in [0.2, 0.25) is 0 Å². The molecule has 1 amide bonds. The first-order valence-electron chi connectivity index (χ1n) is 8.72. The molecule has 1 heterocycles. The van der Waals surface area contributed by atoms with Gasteiger partial charge in [-0.25, -0.2) is 0 Å². The summed E-state index contributed by atoms with van der Waals surface area (Å²) in [5.74, 6) is 0.776. The third-order valence-electron chi connectivity index (χ3n) is 4.44. The minimum atomic E-state index is -4.37. The number of thioether (sulfide) groups is 1. The lowest BCUT2D eigenvalue weighted by molar-refractivity contribution is -0.137. The van der Waals surface area contributed by atoms with Crippen molar-refractivity contribution >= 4 is 23.4 Å². The van der Waals surface area contributed by atoms with Crippen LogP contribution >= 0.6 is 11.8 Å². The fourth-order valence-corrected chi connectivity index (χ4v) is 3.49. The van der Waals surface area contributed by atoms with Gasteiger partial charge in [-0.1, -0.05) is 19.1 Å². The average molecular weight is 411 g/mol. The number of alkyl halides is 3. The fourth-order valence-electron chi connectivity index (χ4n) is 2.93. The number of hydrogen-bond acceptors (Lipinski definition) is 4. The molecule has 2 aromatic carbocycles. The highest BCUT2D eigenvalue weighted by atomic mass is 32.2. The van der Waals surface area contributed by atoms with Crippen molar-refractivity contribution in [3.05, 3.63) is 47.5 Å². The molecule has 0 radical (unpaired) electrons. The number of ether oxygens (including phenoxy) is 2. The Morgan fingerprint density at radius 3 is 2.32 bits per heavy atom. The molecule has 28 heavy (non-hydrogen) atoms. The molecule has 1 aliphatic rings. The van der Waals surface area contributed by atoms with Crippen LogP contribution in [0.5, 0.6) is 11.5 Å². The van der Waals surface area contributed by atoms with Crippen LogP contribution in [-0.4, -0.2) is 25.4 Å². The Hall–Kier alpha value is -2.35. The Kier molecular flexibility index (Phi) is 6.07. The van der Waals surface area contributed by atoms with Crippen molar-refractivity contribution in [2.24, 2.45) is 0 Å². The second-order valence-electron chi connectivity index (χ2n) is 6.47. The minimum Gasteiger partial charge on any atom is -0.486 e. The van der Waals surface area contributed by atoms with E-state index in [2.05, 4.69) is 5.32 Å². The van der Waals surface area contributed by atoms with Crippen LogP contribution in [0.4, 0.5) is 18.9 Å². The Balaban J connectivity index is 1.68. The molecular weight excluding hydrogens is 391 g/mol. The van der Waals surface area contributed by atoms with E-state index in [1.54, 1.807) is 6.07 Å². The van der Waals surface area contributed by atoms with Gasteiger partial charge < -0.3 is 14.8 Å². The lowest BCUT2D eigenvalue weighted by Crippen LogP contribution is -2.18. The van der Waals surface area contributed by atoms with Crippen molar-refractivity contribution in [1.82, 2.24) is 0 Å². The maximum atomic E-state index is 12.7. The molecule has 0 aliphatic carbocycles. The summed E-state index contributed by atoms with van der Waals surface area (Å²) in [5, 5.41) is 2.87. The van der Waals surface area contributed by atoms with Gasteiger partial charge in [0.05, 0.1) is 11.3 Å². The molecule has 3 rings (SSSR count). The van der Waals surface area contributed by atoms with Gasteiger partial charge in [-0.05, 0) is 35.9 Å². The van der Waals surface area contributed by atoms with Crippen LogP contribution < -0.4 is 14.8 Å². The van der Waals surface area contributed by atoms with Crippen molar-refractivity contribution in [3.8, 4) is 11.5 Å². The second-order valence-corrected chi connectivity index (χ2v) is 7.32. The monoisotopic (exact) mass is 411 g/mol. The molecule has 1 N–H and O–H groups in total. The number of fused-ring (bicyclic) bond motifs is 1. The van der Waals surface area contributed by atoms with Gasteiger partial charge in [0.15, 0.2) is 11.5 Å². The highest BCUT2D eigenvalue weighted by Gasteiger charge is 2.30. The van der Waals surface area contributed by atoms with Crippen LogP contribution in [0, 0.1) is 0 Å². The first kappa shape index (κ1) is 20.4. The molecule has 1 atom stereocenters. The van der Waals surface area contributed by atoms with Gasteiger partial charge in [-0.3, -0.25) is 4.79 Å². The minimum absolute atomic E-state index is 0.146. The zero-order valence-corrected chi connectivity index (χ0v) is 16.2. The molecule has 150 valence electrons. The third kappa shape index (κ3) is 4.73. The molecule has 0 bridgehead atoms.